The quantitative estimate of drug-likeness (QED) is 0.455. The summed E-state index contributed by atoms with van der Waals surface area (Å²) in [6.07, 6.45) is 0. The summed E-state index contributed by atoms with van der Waals surface area (Å²) in [5.74, 6) is 0.00323. The zero-order chi connectivity index (χ0) is 19.0. The van der Waals surface area contributed by atoms with E-state index in [1.54, 1.807) is 19.1 Å². The summed E-state index contributed by atoms with van der Waals surface area (Å²) in [7, 11) is -4.62. The Balaban J connectivity index is 3.51. The number of ether oxygens (including phenoxy) is 1. The first-order valence-electron chi connectivity index (χ1n) is 6.46. The lowest BCUT2D eigenvalue weighted by atomic mass is 10.1. The highest BCUT2D eigenvalue weighted by molar-refractivity contribution is 7.80. The van der Waals surface area contributed by atoms with E-state index >= 15 is 0 Å². The van der Waals surface area contributed by atoms with Crippen LogP contribution >= 0.6 is 0 Å². The molecule has 0 aromatic heterocycles. The van der Waals surface area contributed by atoms with E-state index in [1.807, 2.05) is 0 Å². The SMILES string of the molecule is [C-]#[N+]/C(C#N)=c1/cc(OCCOS(=O)(=O)O)/c(=C(\C#N)[N+]#[C-])cc1C. The molecule has 0 aliphatic rings. The molecule has 0 aliphatic carbocycles. The molecule has 0 fully saturated rings. The molecule has 1 aromatic carbocycles. The normalized spacial score (nSPS) is 12.7. The molecular formula is C15H10N4O5S. The van der Waals surface area contributed by atoms with Crippen molar-refractivity contribution < 1.29 is 21.9 Å². The molecule has 0 aliphatic heterocycles. The van der Waals surface area contributed by atoms with Crippen LogP contribution in [0.3, 0.4) is 0 Å². The molecule has 0 bridgehead atoms. The fourth-order valence-corrected chi connectivity index (χ4v) is 2.11. The van der Waals surface area contributed by atoms with Gasteiger partial charge in [0.15, 0.2) is 0 Å². The van der Waals surface area contributed by atoms with Crippen molar-refractivity contribution in [2.24, 2.45) is 0 Å². The van der Waals surface area contributed by atoms with Gasteiger partial charge < -0.3 is 4.74 Å². The van der Waals surface area contributed by atoms with E-state index in [-0.39, 0.29) is 34.2 Å². The minimum Gasteiger partial charge on any atom is -0.492 e. The van der Waals surface area contributed by atoms with E-state index < -0.39 is 17.0 Å². The first kappa shape index (κ1) is 19.6. The van der Waals surface area contributed by atoms with Gasteiger partial charge in [-0.15, -0.1) is 0 Å². The summed E-state index contributed by atoms with van der Waals surface area (Å²) >= 11 is 0. The van der Waals surface area contributed by atoms with Crippen LogP contribution in [0.4, 0.5) is 0 Å². The fourth-order valence-electron chi connectivity index (χ4n) is 1.83. The number of aryl methyl sites for hydroxylation is 1. The topological polar surface area (TPSA) is 129 Å². The number of hydrogen-bond donors (Lipinski definition) is 1. The van der Waals surface area contributed by atoms with E-state index in [9.17, 15) is 8.42 Å². The number of rotatable bonds is 5. The maximum atomic E-state index is 10.5. The molecule has 0 radical (unpaired) electrons. The van der Waals surface area contributed by atoms with E-state index in [2.05, 4.69) is 13.9 Å². The predicted molar refractivity (Wildman–Crippen MR) is 84.7 cm³/mol. The first-order valence-corrected chi connectivity index (χ1v) is 7.83. The van der Waals surface area contributed by atoms with Crippen molar-refractivity contribution >= 4 is 21.8 Å². The molecular weight excluding hydrogens is 348 g/mol. The monoisotopic (exact) mass is 358 g/mol. The Morgan fingerprint density at radius 2 is 1.72 bits per heavy atom. The summed E-state index contributed by atoms with van der Waals surface area (Å²) in [5.41, 5.74) is 0.00607. The van der Waals surface area contributed by atoms with Crippen molar-refractivity contribution in [3.63, 3.8) is 0 Å². The number of benzene rings is 1. The molecule has 0 saturated heterocycles. The van der Waals surface area contributed by atoms with Crippen LogP contribution in [0, 0.1) is 42.7 Å². The van der Waals surface area contributed by atoms with Crippen molar-refractivity contribution in [1.82, 2.24) is 0 Å². The number of nitriles is 2. The van der Waals surface area contributed by atoms with Crippen molar-refractivity contribution in [2.75, 3.05) is 13.2 Å². The van der Waals surface area contributed by atoms with Crippen LogP contribution in [-0.2, 0) is 14.6 Å². The van der Waals surface area contributed by atoms with Crippen LogP contribution < -0.4 is 15.2 Å². The third-order valence-corrected chi connectivity index (χ3v) is 3.31. The molecule has 9 nitrogen and oxygen atoms in total. The molecule has 1 N–H and O–H groups in total. The zero-order valence-electron chi connectivity index (χ0n) is 12.8. The van der Waals surface area contributed by atoms with Crippen molar-refractivity contribution in [2.45, 2.75) is 6.92 Å². The van der Waals surface area contributed by atoms with Gasteiger partial charge in [0, 0.05) is 5.22 Å². The summed E-state index contributed by atoms with van der Waals surface area (Å²) in [6.45, 7) is 14.8. The molecule has 0 saturated carbocycles. The molecule has 10 heteroatoms. The zero-order valence-corrected chi connectivity index (χ0v) is 13.7. The molecule has 0 amide bonds. The molecule has 1 aromatic rings. The van der Waals surface area contributed by atoms with Gasteiger partial charge in [0.2, 0.25) is 0 Å². The summed E-state index contributed by atoms with van der Waals surface area (Å²) in [6, 6.07) is 6.19. The van der Waals surface area contributed by atoms with Crippen LogP contribution in [0.15, 0.2) is 12.1 Å². The molecule has 0 spiro atoms. The minimum absolute atomic E-state index is 0.00323. The summed E-state index contributed by atoms with van der Waals surface area (Å²) < 4.78 is 38.9. The van der Waals surface area contributed by atoms with Crippen molar-refractivity contribution in [1.29, 1.82) is 10.5 Å². The second kappa shape index (κ2) is 8.44. The largest absolute Gasteiger partial charge is 0.492 e. The molecule has 25 heavy (non-hydrogen) atoms. The Morgan fingerprint density at radius 1 is 1.16 bits per heavy atom. The standard InChI is InChI=1S/C15H10N4O5S/c1-10-6-12(14(9-17)19-3)15(7-11(10)13(8-16)18-2)23-4-5-24-25(20,21)22/h6-7H,4-5H2,1H3,(H,20,21,22)/b13-11-,14-12+. The summed E-state index contributed by atoms with van der Waals surface area (Å²) in [4.78, 5) is 6.19. The Labute approximate surface area is 143 Å². The van der Waals surface area contributed by atoms with Crippen LogP contribution in [-0.4, -0.2) is 26.2 Å². The van der Waals surface area contributed by atoms with Gasteiger partial charge in [-0.1, -0.05) is 11.6 Å². The smallest absolute Gasteiger partial charge is 0.397 e. The van der Waals surface area contributed by atoms with Crippen LogP contribution in [0.25, 0.3) is 21.1 Å². The average molecular weight is 358 g/mol. The molecule has 0 unspecified atom stereocenters. The molecule has 1 rings (SSSR count). The minimum atomic E-state index is -4.62. The highest BCUT2D eigenvalue weighted by Gasteiger charge is 2.09. The van der Waals surface area contributed by atoms with Crippen LogP contribution in [0.1, 0.15) is 5.56 Å². The van der Waals surface area contributed by atoms with Gasteiger partial charge in [-0.05, 0) is 18.2 Å². The van der Waals surface area contributed by atoms with E-state index in [4.69, 9.17) is 33.0 Å². The number of nitrogens with zero attached hydrogens (tertiary/aromatic N) is 4. The highest BCUT2D eigenvalue weighted by Crippen LogP contribution is 2.07. The Morgan fingerprint density at radius 3 is 2.20 bits per heavy atom. The lowest BCUT2D eigenvalue weighted by Gasteiger charge is -2.09. The molecule has 0 atom stereocenters. The van der Waals surface area contributed by atoms with Gasteiger partial charge >= 0.3 is 10.4 Å². The third-order valence-electron chi connectivity index (χ3n) is 2.85. The Kier molecular flexibility index (Phi) is 6.63. The highest BCUT2D eigenvalue weighted by atomic mass is 32.3. The third kappa shape index (κ3) is 5.31. The van der Waals surface area contributed by atoms with Gasteiger partial charge in [0.25, 0.3) is 11.4 Å². The van der Waals surface area contributed by atoms with E-state index in [0.29, 0.717) is 5.56 Å². The lowest BCUT2D eigenvalue weighted by molar-refractivity contribution is 0.201. The van der Waals surface area contributed by atoms with Crippen LogP contribution in [0.2, 0.25) is 0 Å². The Hall–Kier alpha value is -3.41. The lowest BCUT2D eigenvalue weighted by Crippen LogP contribution is -2.21. The van der Waals surface area contributed by atoms with E-state index in [0.717, 1.165) is 0 Å². The van der Waals surface area contributed by atoms with Crippen LogP contribution in [0.5, 0.6) is 5.75 Å². The fraction of sp³-hybridized carbons (Fsp3) is 0.200. The maximum absolute atomic E-state index is 10.5. The van der Waals surface area contributed by atoms with Crippen molar-refractivity contribution in [3.8, 4) is 17.9 Å². The number of hydrogen-bond acceptors (Lipinski definition) is 6. The van der Waals surface area contributed by atoms with Crippen molar-refractivity contribution in [3.05, 3.63) is 51.0 Å². The first-order chi connectivity index (χ1) is 11.8. The Bertz CT molecular complexity index is 1050. The maximum Gasteiger partial charge on any atom is 0.397 e. The van der Waals surface area contributed by atoms with Gasteiger partial charge in [0.05, 0.1) is 25.3 Å². The molecule has 0 heterocycles. The predicted octanol–water partition coefficient (Wildman–Crippen LogP) is 0.295. The van der Waals surface area contributed by atoms with E-state index in [1.165, 1.54) is 12.1 Å². The average Bonchev–Trinajstić information content (AvgIpc) is 2.55. The van der Waals surface area contributed by atoms with Gasteiger partial charge in [-0.25, -0.2) is 24.4 Å². The second-order valence-electron chi connectivity index (χ2n) is 4.41. The van der Waals surface area contributed by atoms with Gasteiger partial charge in [-0.3, -0.25) is 4.55 Å². The molecule has 126 valence electrons. The summed E-state index contributed by atoms with van der Waals surface area (Å²) in [5, 5.41) is 18.4. The van der Waals surface area contributed by atoms with Gasteiger partial charge in [0.1, 0.15) is 19.0 Å². The van der Waals surface area contributed by atoms with Gasteiger partial charge in [-0.2, -0.15) is 8.42 Å². The second-order valence-corrected chi connectivity index (χ2v) is 5.50.